The standard InChI is InChI=1S/C19H21FN2O/c1-14-7-8-15(12-21-14)10-16-4-3-9-22(13-16)19(23)17-5-2-6-18(20)11-17/h2,5-8,11-12,16H,3-4,9-10,13H2,1H3/t16-/m1/s1. The van der Waals surface area contributed by atoms with Crippen molar-refractivity contribution in [2.75, 3.05) is 13.1 Å². The third-order valence-electron chi connectivity index (χ3n) is 4.37. The van der Waals surface area contributed by atoms with E-state index in [1.165, 1.54) is 17.7 Å². The van der Waals surface area contributed by atoms with Crippen LogP contribution in [0.3, 0.4) is 0 Å². The summed E-state index contributed by atoms with van der Waals surface area (Å²) in [6.45, 7) is 3.45. The maximum Gasteiger partial charge on any atom is 0.253 e. The summed E-state index contributed by atoms with van der Waals surface area (Å²) in [6, 6.07) is 10.1. The Balaban J connectivity index is 1.66. The van der Waals surface area contributed by atoms with Crippen LogP contribution in [0, 0.1) is 18.7 Å². The summed E-state index contributed by atoms with van der Waals surface area (Å²) in [5, 5.41) is 0. The highest BCUT2D eigenvalue weighted by molar-refractivity contribution is 5.94. The fourth-order valence-electron chi connectivity index (χ4n) is 3.17. The largest absolute Gasteiger partial charge is 0.338 e. The molecular weight excluding hydrogens is 291 g/mol. The van der Waals surface area contributed by atoms with Crippen molar-refractivity contribution in [1.82, 2.24) is 9.88 Å². The minimum atomic E-state index is -0.366. The van der Waals surface area contributed by atoms with Crippen LogP contribution >= 0.6 is 0 Å². The van der Waals surface area contributed by atoms with Crippen molar-refractivity contribution in [3.63, 3.8) is 0 Å². The van der Waals surface area contributed by atoms with Gasteiger partial charge in [0.2, 0.25) is 0 Å². The molecule has 0 bridgehead atoms. The van der Waals surface area contributed by atoms with E-state index in [0.29, 0.717) is 11.5 Å². The Labute approximate surface area is 136 Å². The highest BCUT2D eigenvalue weighted by atomic mass is 19.1. The number of nitrogens with zero attached hydrogens (tertiary/aromatic N) is 2. The quantitative estimate of drug-likeness (QED) is 0.867. The summed E-state index contributed by atoms with van der Waals surface area (Å²) in [7, 11) is 0. The third kappa shape index (κ3) is 3.95. The Morgan fingerprint density at radius 1 is 1.35 bits per heavy atom. The number of piperidine rings is 1. The number of hydrogen-bond acceptors (Lipinski definition) is 2. The molecule has 0 spiro atoms. The van der Waals surface area contributed by atoms with Gasteiger partial charge in [0.1, 0.15) is 5.82 Å². The zero-order chi connectivity index (χ0) is 16.2. The van der Waals surface area contributed by atoms with E-state index in [1.807, 2.05) is 24.1 Å². The number of aromatic nitrogens is 1. The van der Waals surface area contributed by atoms with Crippen molar-refractivity contribution in [1.29, 1.82) is 0 Å². The highest BCUT2D eigenvalue weighted by Crippen LogP contribution is 2.22. The molecule has 120 valence electrons. The van der Waals surface area contributed by atoms with Gasteiger partial charge in [0, 0.05) is 30.5 Å². The number of carbonyl (C=O) groups excluding carboxylic acids is 1. The zero-order valence-corrected chi connectivity index (χ0v) is 13.3. The third-order valence-corrected chi connectivity index (χ3v) is 4.37. The first kappa shape index (κ1) is 15.7. The van der Waals surface area contributed by atoms with E-state index in [0.717, 1.165) is 38.0 Å². The molecule has 0 saturated carbocycles. The van der Waals surface area contributed by atoms with Gasteiger partial charge < -0.3 is 4.90 Å². The SMILES string of the molecule is Cc1ccc(C[C@H]2CCCN(C(=O)c3cccc(F)c3)C2)cn1. The zero-order valence-electron chi connectivity index (χ0n) is 13.3. The summed E-state index contributed by atoms with van der Waals surface area (Å²) in [5.74, 6) is -0.00265. The molecule has 1 atom stereocenters. The highest BCUT2D eigenvalue weighted by Gasteiger charge is 2.24. The molecule has 1 amide bonds. The van der Waals surface area contributed by atoms with Crippen LogP contribution in [-0.4, -0.2) is 28.9 Å². The van der Waals surface area contributed by atoms with Crippen molar-refractivity contribution in [3.8, 4) is 0 Å². The molecule has 3 rings (SSSR count). The summed E-state index contributed by atoms with van der Waals surface area (Å²) in [4.78, 5) is 18.7. The number of halogens is 1. The van der Waals surface area contributed by atoms with Gasteiger partial charge in [-0.3, -0.25) is 9.78 Å². The van der Waals surface area contributed by atoms with Gasteiger partial charge in [0.15, 0.2) is 0 Å². The number of aryl methyl sites for hydroxylation is 1. The van der Waals surface area contributed by atoms with Crippen LogP contribution in [0.4, 0.5) is 4.39 Å². The van der Waals surface area contributed by atoms with Crippen LogP contribution in [0.1, 0.15) is 34.5 Å². The number of pyridine rings is 1. The van der Waals surface area contributed by atoms with E-state index < -0.39 is 0 Å². The molecule has 0 N–H and O–H groups in total. The summed E-state index contributed by atoms with van der Waals surface area (Å²) < 4.78 is 13.3. The maximum atomic E-state index is 13.3. The van der Waals surface area contributed by atoms with Crippen molar-refractivity contribution >= 4 is 5.91 Å². The van der Waals surface area contributed by atoms with Crippen LogP contribution in [0.2, 0.25) is 0 Å². The van der Waals surface area contributed by atoms with Crippen LogP contribution in [0.15, 0.2) is 42.6 Å². The number of rotatable bonds is 3. The van der Waals surface area contributed by atoms with Gasteiger partial charge in [0.25, 0.3) is 5.91 Å². The predicted molar refractivity (Wildman–Crippen MR) is 87.7 cm³/mol. The number of benzene rings is 1. The summed E-state index contributed by atoms with van der Waals surface area (Å²) in [5.41, 5.74) is 2.66. The van der Waals surface area contributed by atoms with Crippen LogP contribution in [0.25, 0.3) is 0 Å². The van der Waals surface area contributed by atoms with Crippen molar-refractivity contribution < 1.29 is 9.18 Å². The Morgan fingerprint density at radius 2 is 2.22 bits per heavy atom. The van der Waals surface area contributed by atoms with Crippen LogP contribution in [-0.2, 0) is 6.42 Å². The molecule has 2 heterocycles. The molecule has 1 aliphatic rings. The van der Waals surface area contributed by atoms with E-state index in [2.05, 4.69) is 11.1 Å². The van der Waals surface area contributed by atoms with E-state index in [4.69, 9.17) is 0 Å². The van der Waals surface area contributed by atoms with E-state index >= 15 is 0 Å². The maximum absolute atomic E-state index is 13.3. The Bertz CT molecular complexity index is 684. The molecule has 1 aromatic heterocycles. The lowest BCUT2D eigenvalue weighted by atomic mass is 9.91. The lowest BCUT2D eigenvalue weighted by Gasteiger charge is -2.33. The van der Waals surface area contributed by atoms with Crippen molar-refractivity contribution in [2.45, 2.75) is 26.2 Å². The van der Waals surface area contributed by atoms with Gasteiger partial charge in [-0.05, 0) is 61.9 Å². The molecule has 1 aliphatic heterocycles. The van der Waals surface area contributed by atoms with E-state index in [-0.39, 0.29) is 11.7 Å². The fraction of sp³-hybridized carbons (Fsp3) is 0.368. The second kappa shape index (κ2) is 6.90. The monoisotopic (exact) mass is 312 g/mol. The van der Waals surface area contributed by atoms with Gasteiger partial charge in [-0.15, -0.1) is 0 Å². The Hall–Kier alpha value is -2.23. The fourth-order valence-corrected chi connectivity index (χ4v) is 3.17. The molecule has 1 saturated heterocycles. The normalized spacial score (nSPS) is 18.0. The number of amides is 1. The molecule has 0 radical (unpaired) electrons. The number of carbonyl (C=O) groups is 1. The van der Waals surface area contributed by atoms with Gasteiger partial charge in [-0.1, -0.05) is 12.1 Å². The molecule has 3 nitrogen and oxygen atoms in total. The van der Waals surface area contributed by atoms with E-state index in [9.17, 15) is 9.18 Å². The molecular formula is C19H21FN2O. The first-order valence-corrected chi connectivity index (χ1v) is 8.08. The minimum absolute atomic E-state index is 0.0729. The molecule has 23 heavy (non-hydrogen) atoms. The van der Waals surface area contributed by atoms with E-state index in [1.54, 1.807) is 12.1 Å². The first-order valence-electron chi connectivity index (χ1n) is 8.08. The van der Waals surface area contributed by atoms with Crippen molar-refractivity contribution in [3.05, 3.63) is 65.2 Å². The Kier molecular flexibility index (Phi) is 4.70. The van der Waals surface area contributed by atoms with Gasteiger partial charge in [-0.2, -0.15) is 0 Å². The molecule has 1 fully saturated rings. The minimum Gasteiger partial charge on any atom is -0.338 e. The summed E-state index contributed by atoms with van der Waals surface area (Å²) >= 11 is 0. The van der Waals surface area contributed by atoms with Gasteiger partial charge in [0.05, 0.1) is 0 Å². The Morgan fingerprint density at radius 3 is 2.96 bits per heavy atom. The van der Waals surface area contributed by atoms with Crippen LogP contribution < -0.4 is 0 Å². The molecule has 0 unspecified atom stereocenters. The number of likely N-dealkylation sites (tertiary alicyclic amines) is 1. The van der Waals surface area contributed by atoms with Gasteiger partial charge >= 0.3 is 0 Å². The summed E-state index contributed by atoms with van der Waals surface area (Å²) in [6.07, 6.45) is 4.95. The van der Waals surface area contributed by atoms with Gasteiger partial charge in [-0.25, -0.2) is 4.39 Å². The van der Waals surface area contributed by atoms with Crippen LogP contribution in [0.5, 0.6) is 0 Å². The predicted octanol–water partition coefficient (Wildman–Crippen LogP) is 3.62. The second-order valence-corrected chi connectivity index (χ2v) is 6.28. The lowest BCUT2D eigenvalue weighted by molar-refractivity contribution is 0.0673. The average Bonchev–Trinajstić information content (AvgIpc) is 2.56. The average molecular weight is 312 g/mol. The topological polar surface area (TPSA) is 33.2 Å². The molecule has 0 aliphatic carbocycles. The number of hydrogen-bond donors (Lipinski definition) is 0. The first-order chi connectivity index (χ1) is 11.1. The smallest absolute Gasteiger partial charge is 0.253 e. The second-order valence-electron chi connectivity index (χ2n) is 6.28. The lowest BCUT2D eigenvalue weighted by Crippen LogP contribution is -2.40. The molecule has 4 heteroatoms. The molecule has 1 aromatic carbocycles. The molecule has 2 aromatic rings. The van der Waals surface area contributed by atoms with Crippen molar-refractivity contribution in [2.24, 2.45) is 5.92 Å².